The van der Waals surface area contributed by atoms with Gasteiger partial charge in [-0.15, -0.1) is 0 Å². The van der Waals surface area contributed by atoms with Gasteiger partial charge in [-0.25, -0.2) is 0 Å². The standard InChI is InChI=1S/C9H9BrF3NO/c10-6-1-4-15-7(6)5-14-8(2-3-8)9(11,12)13/h1,4,14H,2-3,5H2. The van der Waals surface area contributed by atoms with Crippen LogP contribution < -0.4 is 5.32 Å². The Labute approximate surface area is 93.0 Å². The summed E-state index contributed by atoms with van der Waals surface area (Å²) in [5.74, 6) is 0.491. The second kappa shape index (κ2) is 3.52. The Hall–Kier alpha value is -0.490. The van der Waals surface area contributed by atoms with E-state index in [9.17, 15) is 13.2 Å². The van der Waals surface area contributed by atoms with Gasteiger partial charge in [0, 0.05) is 0 Å². The lowest BCUT2D eigenvalue weighted by Crippen LogP contribution is -2.44. The summed E-state index contributed by atoms with van der Waals surface area (Å²) in [5.41, 5.74) is -1.68. The van der Waals surface area contributed by atoms with Gasteiger partial charge in [0.25, 0.3) is 0 Å². The van der Waals surface area contributed by atoms with Gasteiger partial charge in [-0.05, 0) is 34.8 Å². The van der Waals surface area contributed by atoms with E-state index in [2.05, 4.69) is 21.2 Å². The summed E-state index contributed by atoms with van der Waals surface area (Å²) >= 11 is 3.19. The van der Waals surface area contributed by atoms with Crippen LogP contribution in [-0.2, 0) is 6.54 Å². The normalized spacial score (nSPS) is 19.2. The Bertz CT molecular complexity index is 356. The lowest BCUT2D eigenvalue weighted by Gasteiger charge is -2.20. The van der Waals surface area contributed by atoms with E-state index in [1.807, 2.05) is 0 Å². The van der Waals surface area contributed by atoms with E-state index in [0.29, 0.717) is 10.2 Å². The number of hydrogen-bond acceptors (Lipinski definition) is 2. The van der Waals surface area contributed by atoms with Gasteiger partial charge in [0.1, 0.15) is 11.3 Å². The van der Waals surface area contributed by atoms with E-state index in [4.69, 9.17) is 4.42 Å². The van der Waals surface area contributed by atoms with Gasteiger partial charge >= 0.3 is 6.18 Å². The molecule has 2 nitrogen and oxygen atoms in total. The number of alkyl halides is 3. The molecule has 0 bridgehead atoms. The SMILES string of the molecule is FC(F)(F)C1(NCc2occc2Br)CC1. The molecule has 84 valence electrons. The summed E-state index contributed by atoms with van der Waals surface area (Å²) < 4.78 is 43.3. The van der Waals surface area contributed by atoms with Crippen LogP contribution in [0.4, 0.5) is 13.2 Å². The van der Waals surface area contributed by atoms with Crippen LogP contribution in [0.3, 0.4) is 0 Å². The van der Waals surface area contributed by atoms with Gasteiger partial charge < -0.3 is 4.42 Å². The fourth-order valence-electron chi connectivity index (χ4n) is 1.39. The first-order valence-corrected chi connectivity index (χ1v) is 5.27. The van der Waals surface area contributed by atoms with E-state index in [0.717, 1.165) is 0 Å². The molecule has 1 heterocycles. The Balaban J connectivity index is 1.97. The third-order valence-electron chi connectivity index (χ3n) is 2.57. The Morgan fingerprint density at radius 2 is 2.13 bits per heavy atom. The van der Waals surface area contributed by atoms with Gasteiger partial charge in [-0.2, -0.15) is 13.2 Å². The molecule has 1 saturated carbocycles. The molecule has 1 aliphatic carbocycles. The minimum Gasteiger partial charge on any atom is -0.467 e. The lowest BCUT2D eigenvalue weighted by molar-refractivity contribution is -0.166. The van der Waals surface area contributed by atoms with Crippen LogP contribution in [0.5, 0.6) is 0 Å². The summed E-state index contributed by atoms with van der Waals surface area (Å²) in [7, 11) is 0. The summed E-state index contributed by atoms with van der Waals surface area (Å²) in [5, 5.41) is 2.50. The maximum Gasteiger partial charge on any atom is 0.406 e. The van der Waals surface area contributed by atoms with Crippen molar-refractivity contribution in [3.63, 3.8) is 0 Å². The quantitative estimate of drug-likeness (QED) is 0.921. The predicted octanol–water partition coefficient (Wildman–Crippen LogP) is 3.23. The van der Waals surface area contributed by atoms with Crippen LogP contribution in [0, 0.1) is 0 Å². The average molecular weight is 284 g/mol. The van der Waals surface area contributed by atoms with Gasteiger partial charge in [0.15, 0.2) is 0 Å². The van der Waals surface area contributed by atoms with E-state index in [1.54, 1.807) is 6.07 Å². The van der Waals surface area contributed by atoms with Gasteiger partial charge in [0.2, 0.25) is 0 Å². The molecule has 0 amide bonds. The largest absolute Gasteiger partial charge is 0.467 e. The van der Waals surface area contributed by atoms with Gasteiger partial charge in [-0.3, -0.25) is 5.32 Å². The smallest absolute Gasteiger partial charge is 0.406 e. The van der Waals surface area contributed by atoms with Crippen molar-refractivity contribution in [2.75, 3.05) is 0 Å². The molecule has 0 spiro atoms. The van der Waals surface area contributed by atoms with Crippen molar-refractivity contribution in [3.8, 4) is 0 Å². The van der Waals surface area contributed by atoms with E-state index < -0.39 is 11.7 Å². The molecule has 15 heavy (non-hydrogen) atoms. The topological polar surface area (TPSA) is 25.2 Å². The molecular weight excluding hydrogens is 275 g/mol. The van der Waals surface area contributed by atoms with Crippen molar-refractivity contribution in [3.05, 3.63) is 22.6 Å². The number of rotatable bonds is 3. The first kappa shape index (κ1) is 11.0. The van der Waals surface area contributed by atoms with Crippen molar-refractivity contribution in [1.82, 2.24) is 5.32 Å². The molecule has 2 rings (SSSR count). The molecule has 1 fully saturated rings. The molecular formula is C9H9BrF3NO. The maximum absolute atomic E-state index is 12.5. The first-order chi connectivity index (χ1) is 6.95. The molecule has 6 heteroatoms. The average Bonchev–Trinajstić information content (AvgIpc) is 2.82. The summed E-state index contributed by atoms with van der Waals surface area (Å²) in [6.07, 6.45) is -2.44. The molecule has 1 aromatic heterocycles. The molecule has 1 N–H and O–H groups in total. The zero-order valence-electron chi connectivity index (χ0n) is 7.70. The number of furan rings is 1. The Morgan fingerprint density at radius 1 is 1.47 bits per heavy atom. The van der Waals surface area contributed by atoms with E-state index in [-0.39, 0.29) is 19.4 Å². The highest BCUT2D eigenvalue weighted by Gasteiger charge is 2.63. The number of hydrogen-bond donors (Lipinski definition) is 1. The molecule has 0 atom stereocenters. The molecule has 0 radical (unpaired) electrons. The fraction of sp³-hybridized carbons (Fsp3) is 0.556. The first-order valence-electron chi connectivity index (χ1n) is 4.48. The van der Waals surface area contributed by atoms with Crippen molar-refractivity contribution in [2.45, 2.75) is 31.1 Å². The summed E-state index contributed by atoms with van der Waals surface area (Å²) in [4.78, 5) is 0. The lowest BCUT2D eigenvalue weighted by atomic mass is 10.2. The van der Waals surface area contributed by atoms with Crippen LogP contribution in [0.15, 0.2) is 21.2 Å². The maximum atomic E-state index is 12.5. The van der Waals surface area contributed by atoms with Crippen LogP contribution >= 0.6 is 15.9 Å². The second-order valence-corrected chi connectivity index (χ2v) is 4.48. The molecule has 0 aliphatic heterocycles. The molecule has 0 aromatic carbocycles. The molecule has 0 saturated heterocycles. The minimum absolute atomic E-state index is 0.0904. The van der Waals surface area contributed by atoms with Crippen LogP contribution in [0.2, 0.25) is 0 Å². The van der Waals surface area contributed by atoms with Crippen LogP contribution in [-0.4, -0.2) is 11.7 Å². The molecule has 1 aliphatic rings. The summed E-state index contributed by atoms with van der Waals surface area (Å²) in [6.45, 7) is 0.0904. The number of nitrogens with one attached hydrogen (secondary N) is 1. The van der Waals surface area contributed by atoms with Crippen molar-refractivity contribution in [1.29, 1.82) is 0 Å². The van der Waals surface area contributed by atoms with Crippen molar-refractivity contribution < 1.29 is 17.6 Å². The predicted molar refractivity (Wildman–Crippen MR) is 51.3 cm³/mol. The van der Waals surface area contributed by atoms with Crippen LogP contribution in [0.1, 0.15) is 18.6 Å². The van der Waals surface area contributed by atoms with Crippen molar-refractivity contribution in [2.24, 2.45) is 0 Å². The zero-order valence-corrected chi connectivity index (χ0v) is 9.28. The number of halogens is 4. The highest BCUT2D eigenvalue weighted by atomic mass is 79.9. The zero-order chi connectivity index (χ0) is 11.1. The minimum atomic E-state index is -4.17. The third-order valence-corrected chi connectivity index (χ3v) is 3.28. The van der Waals surface area contributed by atoms with E-state index in [1.165, 1.54) is 6.26 Å². The van der Waals surface area contributed by atoms with E-state index >= 15 is 0 Å². The Kier molecular flexibility index (Phi) is 2.58. The highest BCUT2D eigenvalue weighted by molar-refractivity contribution is 9.10. The second-order valence-electron chi connectivity index (χ2n) is 3.63. The molecule has 0 unspecified atom stereocenters. The third kappa shape index (κ3) is 2.06. The highest BCUT2D eigenvalue weighted by Crippen LogP contribution is 2.49. The summed E-state index contributed by atoms with van der Waals surface area (Å²) in [6, 6.07) is 1.66. The Morgan fingerprint density at radius 3 is 2.53 bits per heavy atom. The fourth-order valence-corrected chi connectivity index (χ4v) is 1.73. The van der Waals surface area contributed by atoms with Gasteiger partial charge in [0.05, 0.1) is 17.3 Å². The van der Waals surface area contributed by atoms with Crippen LogP contribution in [0.25, 0.3) is 0 Å². The monoisotopic (exact) mass is 283 g/mol. The van der Waals surface area contributed by atoms with Crippen molar-refractivity contribution >= 4 is 15.9 Å². The molecule has 1 aromatic rings. The van der Waals surface area contributed by atoms with Gasteiger partial charge in [-0.1, -0.05) is 0 Å².